The number of rotatable bonds is 3. The summed E-state index contributed by atoms with van der Waals surface area (Å²) in [6.07, 6.45) is -4.72. The van der Waals surface area contributed by atoms with Crippen LogP contribution in [-0.4, -0.2) is 11.1 Å². The summed E-state index contributed by atoms with van der Waals surface area (Å²) in [4.78, 5) is 11.2. The molecule has 0 fully saturated rings. The topological polar surface area (TPSA) is 46.5 Å². The summed E-state index contributed by atoms with van der Waals surface area (Å²) in [6.45, 7) is 4.76. The molecule has 0 aliphatic rings. The van der Waals surface area contributed by atoms with Gasteiger partial charge in [0.2, 0.25) is 0 Å². The summed E-state index contributed by atoms with van der Waals surface area (Å²) in [5, 5.41) is 8.37. The average molecular weight is 425 g/mol. The van der Waals surface area contributed by atoms with Crippen molar-refractivity contribution in [2.45, 2.75) is 32.4 Å². The highest BCUT2D eigenvalue weighted by Crippen LogP contribution is 2.44. The standard InChI is InChI=1S/C18H14Cl2F4O3/c1-17(2,3)13-14(21)9(16(25)26)7-12(20)15(13)27-8-4-5-11(19)10(6-8)18(22,23)24/h4-7H,1-3H3,(H,25,26). The van der Waals surface area contributed by atoms with Gasteiger partial charge in [-0.25, -0.2) is 9.18 Å². The molecule has 9 heteroatoms. The molecule has 0 amide bonds. The molecule has 0 bridgehead atoms. The van der Waals surface area contributed by atoms with Crippen LogP contribution < -0.4 is 4.74 Å². The normalized spacial score (nSPS) is 12.2. The second-order valence-electron chi connectivity index (χ2n) is 6.72. The van der Waals surface area contributed by atoms with Crippen LogP contribution in [0.1, 0.15) is 42.3 Å². The maximum Gasteiger partial charge on any atom is 0.417 e. The highest BCUT2D eigenvalue weighted by atomic mass is 35.5. The maximum absolute atomic E-state index is 14.8. The molecule has 0 spiro atoms. The summed E-state index contributed by atoms with van der Waals surface area (Å²) in [6, 6.07) is 3.67. The molecule has 0 saturated heterocycles. The number of carboxylic acids is 1. The number of halogens is 6. The number of hydrogen-bond donors (Lipinski definition) is 1. The summed E-state index contributed by atoms with van der Waals surface area (Å²) in [5.41, 5.74) is -2.91. The zero-order valence-corrected chi connectivity index (χ0v) is 15.9. The van der Waals surface area contributed by atoms with Gasteiger partial charge in [0, 0.05) is 5.56 Å². The fourth-order valence-corrected chi connectivity index (χ4v) is 2.90. The van der Waals surface area contributed by atoms with Crippen LogP contribution >= 0.6 is 23.2 Å². The zero-order valence-electron chi connectivity index (χ0n) is 14.3. The van der Waals surface area contributed by atoms with E-state index in [1.165, 1.54) is 6.07 Å². The number of carboxylic acid groups (broad SMARTS) is 1. The summed E-state index contributed by atoms with van der Waals surface area (Å²) in [5.74, 6) is -3.14. The third kappa shape index (κ3) is 4.47. The minimum atomic E-state index is -4.72. The first-order valence-electron chi connectivity index (χ1n) is 7.54. The summed E-state index contributed by atoms with van der Waals surface area (Å²) in [7, 11) is 0. The van der Waals surface area contributed by atoms with Crippen molar-refractivity contribution >= 4 is 29.2 Å². The Morgan fingerprint density at radius 3 is 2.15 bits per heavy atom. The van der Waals surface area contributed by atoms with E-state index < -0.39 is 39.5 Å². The van der Waals surface area contributed by atoms with Gasteiger partial charge in [0.1, 0.15) is 11.6 Å². The van der Waals surface area contributed by atoms with Crippen molar-refractivity contribution in [1.82, 2.24) is 0 Å². The lowest BCUT2D eigenvalue weighted by Crippen LogP contribution is -2.18. The Morgan fingerprint density at radius 2 is 1.67 bits per heavy atom. The van der Waals surface area contributed by atoms with Crippen LogP contribution in [0.4, 0.5) is 17.6 Å². The predicted molar refractivity (Wildman–Crippen MR) is 93.6 cm³/mol. The molecular formula is C18H14Cl2F4O3. The van der Waals surface area contributed by atoms with Crippen molar-refractivity contribution < 1.29 is 32.2 Å². The molecule has 27 heavy (non-hydrogen) atoms. The Morgan fingerprint density at radius 1 is 1.07 bits per heavy atom. The minimum Gasteiger partial charge on any atom is -0.478 e. The summed E-state index contributed by atoms with van der Waals surface area (Å²) < 4.78 is 59.3. The Bertz CT molecular complexity index is 903. The third-order valence-corrected chi connectivity index (χ3v) is 4.22. The second-order valence-corrected chi connectivity index (χ2v) is 7.54. The molecule has 0 atom stereocenters. The SMILES string of the molecule is CC(C)(C)c1c(F)c(C(=O)O)cc(Cl)c1Oc1ccc(Cl)c(C(F)(F)F)c1. The molecule has 0 aliphatic heterocycles. The molecule has 0 radical (unpaired) electrons. The van der Waals surface area contributed by atoms with E-state index in [1.807, 2.05) is 0 Å². The first kappa shape index (κ1) is 21.3. The molecule has 0 saturated carbocycles. The maximum atomic E-state index is 14.8. The van der Waals surface area contributed by atoms with Gasteiger partial charge in [-0.05, 0) is 29.7 Å². The van der Waals surface area contributed by atoms with E-state index in [9.17, 15) is 22.4 Å². The van der Waals surface area contributed by atoms with Crippen LogP contribution in [0.2, 0.25) is 10.0 Å². The molecule has 3 nitrogen and oxygen atoms in total. The molecule has 0 unspecified atom stereocenters. The highest BCUT2D eigenvalue weighted by molar-refractivity contribution is 6.32. The number of carbonyl (C=O) groups is 1. The van der Waals surface area contributed by atoms with Gasteiger partial charge in [0.25, 0.3) is 0 Å². The van der Waals surface area contributed by atoms with Crippen molar-refractivity contribution in [1.29, 1.82) is 0 Å². The van der Waals surface area contributed by atoms with Gasteiger partial charge in [0.05, 0.1) is 21.2 Å². The van der Waals surface area contributed by atoms with Gasteiger partial charge in [-0.2, -0.15) is 13.2 Å². The van der Waals surface area contributed by atoms with Gasteiger partial charge in [-0.1, -0.05) is 44.0 Å². The van der Waals surface area contributed by atoms with Gasteiger partial charge in [-0.15, -0.1) is 0 Å². The van der Waals surface area contributed by atoms with Crippen LogP contribution in [0.25, 0.3) is 0 Å². The number of hydrogen-bond acceptors (Lipinski definition) is 2. The lowest BCUT2D eigenvalue weighted by molar-refractivity contribution is -0.137. The number of ether oxygens (including phenoxy) is 1. The fourth-order valence-electron chi connectivity index (χ4n) is 2.44. The van der Waals surface area contributed by atoms with E-state index >= 15 is 0 Å². The Labute approximate surface area is 162 Å². The van der Waals surface area contributed by atoms with Crippen molar-refractivity contribution in [3.63, 3.8) is 0 Å². The molecule has 1 N–H and O–H groups in total. The van der Waals surface area contributed by atoms with Crippen molar-refractivity contribution in [3.8, 4) is 11.5 Å². The van der Waals surface area contributed by atoms with E-state index in [0.29, 0.717) is 6.07 Å². The molecule has 2 rings (SSSR count). The molecule has 0 aromatic heterocycles. The van der Waals surface area contributed by atoms with E-state index in [1.54, 1.807) is 20.8 Å². The van der Waals surface area contributed by atoms with E-state index in [-0.39, 0.29) is 22.1 Å². The molecule has 2 aromatic carbocycles. The fraction of sp³-hybridized carbons (Fsp3) is 0.278. The quantitative estimate of drug-likeness (QED) is 0.542. The lowest BCUT2D eigenvalue weighted by atomic mass is 9.84. The Balaban J connectivity index is 2.67. The lowest BCUT2D eigenvalue weighted by Gasteiger charge is -2.25. The zero-order chi connectivity index (χ0) is 20.7. The number of aromatic carboxylic acids is 1. The first-order chi connectivity index (χ1) is 12.2. The van der Waals surface area contributed by atoms with Crippen LogP contribution in [0.15, 0.2) is 24.3 Å². The number of alkyl halides is 3. The monoisotopic (exact) mass is 424 g/mol. The van der Waals surface area contributed by atoms with Gasteiger partial charge >= 0.3 is 12.1 Å². The van der Waals surface area contributed by atoms with Crippen LogP contribution in [-0.2, 0) is 11.6 Å². The average Bonchev–Trinajstić information content (AvgIpc) is 2.49. The largest absolute Gasteiger partial charge is 0.478 e. The molecule has 146 valence electrons. The minimum absolute atomic E-state index is 0.170. The molecule has 0 heterocycles. The van der Waals surface area contributed by atoms with Crippen molar-refractivity contribution in [3.05, 3.63) is 56.8 Å². The van der Waals surface area contributed by atoms with Gasteiger partial charge in [0.15, 0.2) is 5.75 Å². The Hall–Kier alpha value is -1.99. The summed E-state index contributed by atoms with van der Waals surface area (Å²) >= 11 is 11.6. The van der Waals surface area contributed by atoms with Gasteiger partial charge in [-0.3, -0.25) is 0 Å². The highest BCUT2D eigenvalue weighted by Gasteiger charge is 2.34. The Kier molecular flexibility index (Phi) is 5.69. The smallest absolute Gasteiger partial charge is 0.417 e. The molecule has 0 aliphatic carbocycles. The van der Waals surface area contributed by atoms with Crippen molar-refractivity contribution in [2.75, 3.05) is 0 Å². The van der Waals surface area contributed by atoms with Crippen molar-refractivity contribution in [2.24, 2.45) is 0 Å². The first-order valence-corrected chi connectivity index (χ1v) is 8.29. The molecule has 2 aromatic rings. The second kappa shape index (κ2) is 7.20. The van der Waals surface area contributed by atoms with Crippen LogP contribution in [0.3, 0.4) is 0 Å². The van der Waals surface area contributed by atoms with Crippen LogP contribution in [0, 0.1) is 5.82 Å². The number of benzene rings is 2. The van der Waals surface area contributed by atoms with Gasteiger partial charge < -0.3 is 9.84 Å². The van der Waals surface area contributed by atoms with E-state index in [2.05, 4.69) is 0 Å². The third-order valence-electron chi connectivity index (χ3n) is 3.61. The molecular weight excluding hydrogens is 411 g/mol. The van der Waals surface area contributed by atoms with Crippen LogP contribution in [0.5, 0.6) is 11.5 Å². The predicted octanol–water partition coefficient (Wildman–Crippen LogP) is 6.94. The van der Waals surface area contributed by atoms with E-state index in [4.69, 9.17) is 33.0 Å². The van der Waals surface area contributed by atoms with E-state index in [0.717, 1.165) is 12.1 Å².